The van der Waals surface area contributed by atoms with Gasteiger partial charge in [0.1, 0.15) is 12.2 Å². The fraction of sp³-hybridized carbons (Fsp3) is 0.636. The van der Waals surface area contributed by atoms with Gasteiger partial charge in [-0.15, -0.1) is 0 Å². The molecule has 1 aromatic heterocycles. The normalized spacial score (nSPS) is 21.7. The molecule has 2 amide bonds. The lowest BCUT2D eigenvalue weighted by atomic mass is 9.81. The van der Waals surface area contributed by atoms with E-state index in [0.29, 0.717) is 18.7 Å². The van der Waals surface area contributed by atoms with E-state index in [4.69, 9.17) is 0 Å². The molecule has 6 heteroatoms. The van der Waals surface area contributed by atoms with Gasteiger partial charge in [0.2, 0.25) is 11.8 Å². The summed E-state index contributed by atoms with van der Waals surface area (Å²) in [7, 11) is 0. The first-order valence-electron chi connectivity index (χ1n) is 5.61. The van der Waals surface area contributed by atoms with Crippen LogP contribution in [-0.4, -0.2) is 31.9 Å². The summed E-state index contributed by atoms with van der Waals surface area (Å²) in [6.07, 6.45) is 2.14. The fourth-order valence-corrected chi connectivity index (χ4v) is 2.16. The maximum atomic E-state index is 12.0. The minimum absolute atomic E-state index is 0.143. The number of piperidine rings is 1. The molecule has 0 saturated carbocycles. The monoisotopic (exact) mass is 236 g/mol. The third-order valence-corrected chi connectivity index (χ3v) is 3.01. The number of aromatic amines is 1. The maximum absolute atomic E-state index is 12.0. The Morgan fingerprint density at radius 2 is 1.94 bits per heavy atom. The average molecular weight is 236 g/mol. The SMILES string of the molecule is CC(c1ncn[nH]1)N1C(=O)CC(C)(C)CC1=O. The molecule has 1 fully saturated rings. The third-order valence-electron chi connectivity index (χ3n) is 3.01. The standard InChI is InChI=1S/C11H16N4O2/c1-7(10-12-6-13-14-10)15-8(16)4-11(2,3)5-9(15)17/h6-7H,4-5H2,1-3H3,(H,12,13,14). The molecule has 1 saturated heterocycles. The molecular formula is C11H16N4O2. The van der Waals surface area contributed by atoms with Crippen LogP contribution >= 0.6 is 0 Å². The number of H-pyrrole nitrogens is 1. The summed E-state index contributed by atoms with van der Waals surface area (Å²) in [6.45, 7) is 5.63. The van der Waals surface area contributed by atoms with Crippen molar-refractivity contribution in [2.45, 2.75) is 39.7 Å². The van der Waals surface area contributed by atoms with E-state index < -0.39 is 0 Å². The number of likely N-dealkylation sites (tertiary alicyclic amines) is 1. The van der Waals surface area contributed by atoms with Crippen molar-refractivity contribution in [1.82, 2.24) is 20.1 Å². The summed E-state index contributed by atoms with van der Waals surface area (Å²) in [4.78, 5) is 29.3. The number of nitrogens with one attached hydrogen (secondary N) is 1. The van der Waals surface area contributed by atoms with Gasteiger partial charge in [-0.25, -0.2) is 4.98 Å². The number of hydrogen-bond donors (Lipinski definition) is 1. The summed E-state index contributed by atoms with van der Waals surface area (Å²) in [5.74, 6) is 0.247. The Balaban J connectivity index is 2.22. The predicted octanol–water partition coefficient (Wildman–Crippen LogP) is 1.04. The zero-order chi connectivity index (χ0) is 12.6. The number of aromatic nitrogens is 3. The molecule has 92 valence electrons. The molecule has 17 heavy (non-hydrogen) atoms. The van der Waals surface area contributed by atoms with Gasteiger partial charge in [-0.05, 0) is 12.3 Å². The highest BCUT2D eigenvalue weighted by Gasteiger charge is 2.40. The van der Waals surface area contributed by atoms with E-state index in [1.54, 1.807) is 6.92 Å². The van der Waals surface area contributed by atoms with Crippen LogP contribution in [0.2, 0.25) is 0 Å². The number of carbonyl (C=O) groups excluding carboxylic acids is 2. The molecule has 1 aliphatic heterocycles. The molecule has 6 nitrogen and oxygen atoms in total. The first-order valence-corrected chi connectivity index (χ1v) is 5.61. The predicted molar refractivity (Wildman–Crippen MR) is 59.7 cm³/mol. The molecule has 1 N–H and O–H groups in total. The lowest BCUT2D eigenvalue weighted by molar-refractivity contribution is -0.155. The first-order chi connectivity index (χ1) is 7.91. The second-order valence-corrected chi connectivity index (χ2v) is 5.22. The third kappa shape index (κ3) is 2.20. The van der Waals surface area contributed by atoms with E-state index in [9.17, 15) is 9.59 Å². The molecule has 1 aliphatic rings. The molecule has 0 aliphatic carbocycles. The van der Waals surface area contributed by atoms with E-state index in [1.165, 1.54) is 11.2 Å². The van der Waals surface area contributed by atoms with Gasteiger partial charge < -0.3 is 0 Å². The molecule has 0 bridgehead atoms. The van der Waals surface area contributed by atoms with Crippen molar-refractivity contribution in [1.29, 1.82) is 0 Å². The Kier molecular flexibility index (Phi) is 2.73. The van der Waals surface area contributed by atoms with Crippen molar-refractivity contribution in [3.8, 4) is 0 Å². The summed E-state index contributed by atoms with van der Waals surface area (Å²) in [5.41, 5.74) is -0.244. The van der Waals surface area contributed by atoms with Crippen LogP contribution in [0.4, 0.5) is 0 Å². The lowest BCUT2D eigenvalue weighted by Crippen LogP contribution is -2.47. The fourth-order valence-electron chi connectivity index (χ4n) is 2.16. The minimum atomic E-state index is -0.381. The number of carbonyl (C=O) groups is 2. The Morgan fingerprint density at radius 1 is 1.35 bits per heavy atom. The van der Waals surface area contributed by atoms with Crippen molar-refractivity contribution in [2.75, 3.05) is 0 Å². The van der Waals surface area contributed by atoms with Crippen molar-refractivity contribution in [2.24, 2.45) is 5.41 Å². The molecule has 1 atom stereocenters. The van der Waals surface area contributed by atoms with E-state index in [-0.39, 0.29) is 23.3 Å². The largest absolute Gasteiger partial charge is 0.274 e. The van der Waals surface area contributed by atoms with Crippen LogP contribution in [0, 0.1) is 5.41 Å². The highest BCUT2D eigenvalue weighted by Crippen LogP contribution is 2.34. The quantitative estimate of drug-likeness (QED) is 0.778. The zero-order valence-corrected chi connectivity index (χ0v) is 10.2. The summed E-state index contributed by atoms with van der Waals surface area (Å²) >= 11 is 0. The van der Waals surface area contributed by atoms with E-state index in [0.717, 1.165) is 0 Å². The van der Waals surface area contributed by atoms with Crippen molar-refractivity contribution in [3.63, 3.8) is 0 Å². The van der Waals surface area contributed by atoms with Crippen LogP contribution < -0.4 is 0 Å². The van der Waals surface area contributed by atoms with Gasteiger partial charge in [-0.2, -0.15) is 5.10 Å². The molecule has 2 heterocycles. The molecule has 2 rings (SSSR count). The first kappa shape index (κ1) is 11.8. The van der Waals surface area contributed by atoms with Gasteiger partial charge in [0.25, 0.3) is 0 Å². The average Bonchev–Trinajstić information content (AvgIpc) is 2.66. The smallest absolute Gasteiger partial charge is 0.230 e. The molecule has 0 aromatic carbocycles. The number of amides is 2. The molecule has 0 radical (unpaired) electrons. The van der Waals surface area contributed by atoms with Crippen LogP contribution in [0.5, 0.6) is 0 Å². The van der Waals surface area contributed by atoms with Gasteiger partial charge in [0, 0.05) is 12.8 Å². The lowest BCUT2D eigenvalue weighted by Gasteiger charge is -2.37. The van der Waals surface area contributed by atoms with Crippen molar-refractivity contribution in [3.05, 3.63) is 12.2 Å². The van der Waals surface area contributed by atoms with Crippen molar-refractivity contribution >= 4 is 11.8 Å². The summed E-state index contributed by atoms with van der Waals surface area (Å²) in [5, 5.41) is 6.42. The Hall–Kier alpha value is -1.72. The van der Waals surface area contributed by atoms with Crippen molar-refractivity contribution < 1.29 is 9.59 Å². The van der Waals surface area contributed by atoms with Gasteiger partial charge in [-0.1, -0.05) is 13.8 Å². The number of imide groups is 1. The Morgan fingerprint density at radius 3 is 2.41 bits per heavy atom. The van der Waals surface area contributed by atoms with Crippen LogP contribution in [-0.2, 0) is 9.59 Å². The van der Waals surface area contributed by atoms with Gasteiger partial charge >= 0.3 is 0 Å². The minimum Gasteiger partial charge on any atom is -0.274 e. The topological polar surface area (TPSA) is 79.0 Å². The van der Waals surface area contributed by atoms with Gasteiger partial charge in [-0.3, -0.25) is 19.6 Å². The number of rotatable bonds is 2. The highest BCUT2D eigenvalue weighted by atomic mass is 16.2. The molecule has 1 aromatic rings. The molecule has 1 unspecified atom stereocenters. The Bertz CT molecular complexity index is 418. The van der Waals surface area contributed by atoms with Crippen LogP contribution in [0.3, 0.4) is 0 Å². The number of nitrogens with zero attached hydrogens (tertiary/aromatic N) is 3. The van der Waals surface area contributed by atoms with Crippen LogP contribution in [0.15, 0.2) is 6.33 Å². The molecular weight excluding hydrogens is 220 g/mol. The van der Waals surface area contributed by atoms with Crippen LogP contribution in [0.25, 0.3) is 0 Å². The second-order valence-electron chi connectivity index (χ2n) is 5.22. The van der Waals surface area contributed by atoms with Gasteiger partial charge in [0.15, 0.2) is 0 Å². The summed E-state index contributed by atoms with van der Waals surface area (Å²) < 4.78 is 0. The van der Waals surface area contributed by atoms with E-state index >= 15 is 0 Å². The second kappa shape index (κ2) is 3.94. The zero-order valence-electron chi connectivity index (χ0n) is 10.2. The maximum Gasteiger partial charge on any atom is 0.230 e. The van der Waals surface area contributed by atoms with E-state index in [2.05, 4.69) is 15.2 Å². The van der Waals surface area contributed by atoms with Crippen LogP contribution in [0.1, 0.15) is 45.5 Å². The summed E-state index contributed by atoms with van der Waals surface area (Å²) in [6, 6.07) is -0.381. The van der Waals surface area contributed by atoms with Gasteiger partial charge in [0.05, 0.1) is 6.04 Å². The number of hydrogen-bond acceptors (Lipinski definition) is 4. The molecule has 0 spiro atoms. The van der Waals surface area contributed by atoms with E-state index in [1.807, 2.05) is 13.8 Å². The highest BCUT2D eigenvalue weighted by molar-refractivity contribution is 5.98. The Labute approximate surface area is 99.4 Å².